The third-order valence-electron chi connectivity index (χ3n) is 3.57. The first-order valence-electron chi connectivity index (χ1n) is 6.51. The topological polar surface area (TPSA) is 59.4 Å². The Labute approximate surface area is 121 Å². The van der Waals surface area contributed by atoms with Gasteiger partial charge in [-0.2, -0.15) is 0 Å². The fraction of sp³-hybridized carbons (Fsp3) is 0.333. The van der Waals surface area contributed by atoms with Crippen LogP contribution in [0.1, 0.15) is 33.5 Å². The Balaban J connectivity index is 1.79. The van der Waals surface area contributed by atoms with Crippen LogP contribution in [0.4, 0.5) is 0 Å². The highest BCUT2D eigenvalue weighted by Gasteiger charge is 2.32. The van der Waals surface area contributed by atoms with Crippen LogP contribution in [0.2, 0.25) is 0 Å². The minimum atomic E-state index is -0.759. The quantitative estimate of drug-likeness (QED) is 0.940. The second-order valence-electron chi connectivity index (χ2n) is 4.87. The number of hydrogen-bond acceptors (Lipinski definition) is 4. The molecule has 4 nitrogen and oxygen atoms in total. The second kappa shape index (κ2) is 5.25. The summed E-state index contributed by atoms with van der Waals surface area (Å²) in [5.41, 5.74) is 1.94. The minimum Gasteiger partial charge on any atom is -0.497 e. The lowest BCUT2D eigenvalue weighted by Crippen LogP contribution is -2.08. The predicted molar refractivity (Wildman–Crippen MR) is 76.6 cm³/mol. The van der Waals surface area contributed by atoms with Crippen molar-refractivity contribution in [3.8, 4) is 5.75 Å². The van der Waals surface area contributed by atoms with Crippen LogP contribution in [-0.4, -0.2) is 23.2 Å². The Morgan fingerprint density at radius 3 is 2.85 bits per heavy atom. The van der Waals surface area contributed by atoms with Crippen LogP contribution in [0.25, 0.3) is 0 Å². The molecule has 20 heavy (non-hydrogen) atoms. The van der Waals surface area contributed by atoms with E-state index in [1.165, 1.54) is 0 Å². The minimum absolute atomic E-state index is 0.411. The van der Waals surface area contributed by atoms with Gasteiger partial charge in [0, 0.05) is 11.3 Å². The van der Waals surface area contributed by atoms with E-state index in [1.807, 2.05) is 24.3 Å². The molecule has 1 aromatic carbocycles. The molecule has 5 heteroatoms. The first-order chi connectivity index (χ1) is 9.67. The Bertz CT molecular complexity index is 633. The highest BCUT2D eigenvalue weighted by molar-refractivity contribution is 7.11. The molecule has 104 valence electrons. The molecular weight excluding hydrogens is 274 g/mol. The van der Waals surface area contributed by atoms with Gasteiger partial charge in [-0.3, -0.25) is 4.79 Å². The lowest BCUT2D eigenvalue weighted by molar-refractivity contribution is -0.138. The van der Waals surface area contributed by atoms with E-state index < -0.39 is 11.9 Å². The van der Waals surface area contributed by atoms with Crippen molar-refractivity contribution in [2.24, 2.45) is 0 Å². The molecule has 1 aliphatic rings. The zero-order valence-electron chi connectivity index (χ0n) is 11.1. The summed E-state index contributed by atoms with van der Waals surface area (Å²) in [6, 6.07) is 7.88. The van der Waals surface area contributed by atoms with Crippen LogP contribution < -0.4 is 4.74 Å². The van der Waals surface area contributed by atoms with Crippen molar-refractivity contribution in [3.63, 3.8) is 0 Å². The van der Waals surface area contributed by atoms with Crippen molar-refractivity contribution in [1.82, 2.24) is 4.98 Å². The predicted octanol–water partition coefficient (Wildman–Crippen LogP) is 2.86. The summed E-state index contributed by atoms with van der Waals surface area (Å²) in [7, 11) is 1.65. The third-order valence-corrected chi connectivity index (χ3v) is 4.71. The molecule has 1 heterocycles. The third kappa shape index (κ3) is 2.41. The molecule has 2 aromatic rings. The van der Waals surface area contributed by atoms with Crippen LogP contribution >= 0.6 is 11.3 Å². The molecule has 1 N–H and O–H groups in total. The molecule has 0 bridgehead atoms. The van der Waals surface area contributed by atoms with E-state index >= 15 is 0 Å². The lowest BCUT2D eigenvalue weighted by atomic mass is 10.1. The number of hydrogen-bond donors (Lipinski definition) is 1. The molecule has 1 aliphatic carbocycles. The van der Waals surface area contributed by atoms with Crippen LogP contribution in [0.5, 0.6) is 5.75 Å². The van der Waals surface area contributed by atoms with E-state index in [-0.39, 0.29) is 0 Å². The van der Waals surface area contributed by atoms with Crippen molar-refractivity contribution in [2.75, 3.05) is 7.11 Å². The summed E-state index contributed by atoms with van der Waals surface area (Å²) < 4.78 is 5.13. The highest BCUT2D eigenvalue weighted by atomic mass is 32.1. The summed E-state index contributed by atoms with van der Waals surface area (Å²) in [6.07, 6.45) is 2.27. The van der Waals surface area contributed by atoms with E-state index in [2.05, 4.69) is 4.98 Å². The number of aryl methyl sites for hydroxylation is 1. The molecule has 0 saturated carbocycles. The van der Waals surface area contributed by atoms with E-state index in [0.717, 1.165) is 39.7 Å². The molecule has 1 atom stereocenters. The largest absolute Gasteiger partial charge is 0.497 e. The van der Waals surface area contributed by atoms with Crippen molar-refractivity contribution in [3.05, 3.63) is 45.4 Å². The molecule has 0 radical (unpaired) electrons. The number of rotatable bonds is 4. The number of fused-ring (bicyclic) bond motifs is 1. The van der Waals surface area contributed by atoms with Gasteiger partial charge < -0.3 is 9.84 Å². The zero-order valence-corrected chi connectivity index (χ0v) is 11.9. The van der Waals surface area contributed by atoms with Crippen LogP contribution in [0.15, 0.2) is 24.3 Å². The van der Waals surface area contributed by atoms with E-state index in [4.69, 9.17) is 9.84 Å². The number of aromatic nitrogens is 1. The van der Waals surface area contributed by atoms with Gasteiger partial charge in [0.05, 0.1) is 17.8 Å². The molecule has 1 aromatic heterocycles. The number of methoxy groups -OCH3 is 1. The van der Waals surface area contributed by atoms with E-state index in [0.29, 0.717) is 6.42 Å². The van der Waals surface area contributed by atoms with Crippen LogP contribution in [0.3, 0.4) is 0 Å². The molecule has 0 aliphatic heterocycles. The van der Waals surface area contributed by atoms with Gasteiger partial charge in [0.25, 0.3) is 0 Å². The number of aliphatic carboxylic acids is 1. The number of thiazole rings is 1. The first-order valence-corrected chi connectivity index (χ1v) is 7.33. The standard InChI is InChI=1S/C15H15NO3S/c1-19-10-4-2-9(3-5-10)8-13-16-14-11(15(17)18)6-7-12(14)20-13/h2-5,11H,6-8H2,1H3,(H,17,18). The van der Waals surface area contributed by atoms with Gasteiger partial charge in [-0.25, -0.2) is 4.98 Å². The Kier molecular flexibility index (Phi) is 3.44. The number of carbonyl (C=O) groups is 1. The van der Waals surface area contributed by atoms with Gasteiger partial charge in [0.1, 0.15) is 11.7 Å². The van der Waals surface area contributed by atoms with Gasteiger partial charge in [0.15, 0.2) is 0 Å². The van der Waals surface area contributed by atoms with Crippen molar-refractivity contribution in [2.45, 2.75) is 25.2 Å². The van der Waals surface area contributed by atoms with E-state index in [9.17, 15) is 4.79 Å². The first kappa shape index (κ1) is 13.1. The summed E-state index contributed by atoms with van der Waals surface area (Å²) in [5.74, 6) is -0.336. The summed E-state index contributed by atoms with van der Waals surface area (Å²) in [6.45, 7) is 0. The summed E-state index contributed by atoms with van der Waals surface area (Å²) in [5, 5.41) is 10.2. The Hall–Kier alpha value is -1.88. The van der Waals surface area contributed by atoms with Gasteiger partial charge in [0.2, 0.25) is 0 Å². The maximum atomic E-state index is 11.2. The number of carboxylic acid groups (broad SMARTS) is 1. The van der Waals surface area contributed by atoms with Crippen LogP contribution in [0, 0.1) is 0 Å². The van der Waals surface area contributed by atoms with E-state index in [1.54, 1.807) is 18.4 Å². The van der Waals surface area contributed by atoms with Crippen molar-refractivity contribution < 1.29 is 14.6 Å². The maximum absolute atomic E-state index is 11.2. The SMILES string of the molecule is COc1ccc(Cc2nc3c(s2)CCC3C(=O)O)cc1. The molecular formula is C15H15NO3S. The molecule has 0 spiro atoms. The number of ether oxygens (including phenoxy) is 1. The summed E-state index contributed by atoms with van der Waals surface area (Å²) in [4.78, 5) is 16.8. The smallest absolute Gasteiger partial charge is 0.312 e. The normalized spacial score (nSPS) is 16.9. The van der Waals surface area contributed by atoms with Gasteiger partial charge in [-0.15, -0.1) is 11.3 Å². The molecule has 0 fully saturated rings. The fourth-order valence-corrected chi connectivity index (χ4v) is 3.69. The second-order valence-corrected chi connectivity index (χ2v) is 6.04. The average Bonchev–Trinajstić information content (AvgIpc) is 2.98. The number of carboxylic acids is 1. The molecule has 3 rings (SSSR count). The Morgan fingerprint density at radius 2 is 2.20 bits per heavy atom. The lowest BCUT2D eigenvalue weighted by Gasteiger charge is -2.03. The van der Waals surface area contributed by atoms with Crippen molar-refractivity contribution in [1.29, 1.82) is 0 Å². The van der Waals surface area contributed by atoms with Gasteiger partial charge in [-0.1, -0.05) is 12.1 Å². The monoisotopic (exact) mass is 289 g/mol. The molecule has 0 saturated heterocycles. The molecule has 1 unspecified atom stereocenters. The number of nitrogens with zero attached hydrogens (tertiary/aromatic N) is 1. The summed E-state index contributed by atoms with van der Waals surface area (Å²) >= 11 is 1.64. The fourth-order valence-electron chi connectivity index (χ4n) is 2.51. The maximum Gasteiger partial charge on any atom is 0.312 e. The highest BCUT2D eigenvalue weighted by Crippen LogP contribution is 2.37. The Morgan fingerprint density at radius 1 is 1.45 bits per heavy atom. The van der Waals surface area contributed by atoms with Gasteiger partial charge in [-0.05, 0) is 30.5 Å². The average molecular weight is 289 g/mol. The van der Waals surface area contributed by atoms with Crippen LogP contribution in [-0.2, 0) is 17.6 Å². The van der Waals surface area contributed by atoms with Crippen molar-refractivity contribution >= 4 is 17.3 Å². The van der Waals surface area contributed by atoms with Gasteiger partial charge >= 0.3 is 5.97 Å². The number of benzene rings is 1. The molecule has 0 amide bonds. The zero-order chi connectivity index (χ0) is 14.1.